The second-order valence-electron chi connectivity index (χ2n) is 5.06. The van der Waals surface area contributed by atoms with Gasteiger partial charge in [-0.1, -0.05) is 33.6 Å². The Morgan fingerprint density at radius 2 is 2.26 bits per heavy atom. The number of halogens is 2. The SMILES string of the molecule is CC(NC1CCC(=O)N(C)C1)c1ccc(Br)cc1Cl. The molecule has 0 bridgehead atoms. The Morgan fingerprint density at radius 3 is 2.89 bits per heavy atom. The van der Waals surface area contributed by atoms with Crippen LogP contribution in [0.1, 0.15) is 31.4 Å². The summed E-state index contributed by atoms with van der Waals surface area (Å²) in [5.41, 5.74) is 1.09. The van der Waals surface area contributed by atoms with Crippen molar-refractivity contribution < 1.29 is 4.79 Å². The molecule has 1 heterocycles. The van der Waals surface area contributed by atoms with E-state index in [1.807, 2.05) is 25.2 Å². The Morgan fingerprint density at radius 1 is 1.53 bits per heavy atom. The first kappa shape index (κ1) is 14.8. The summed E-state index contributed by atoms with van der Waals surface area (Å²) in [7, 11) is 1.85. The average molecular weight is 346 g/mol. The normalized spacial score (nSPS) is 21.6. The van der Waals surface area contributed by atoms with Gasteiger partial charge in [0.15, 0.2) is 0 Å². The number of piperidine rings is 1. The van der Waals surface area contributed by atoms with Gasteiger partial charge >= 0.3 is 0 Å². The van der Waals surface area contributed by atoms with Gasteiger partial charge in [-0.2, -0.15) is 0 Å². The first-order chi connectivity index (χ1) is 8.97. The molecule has 1 aromatic rings. The highest BCUT2D eigenvalue weighted by Crippen LogP contribution is 2.27. The zero-order valence-electron chi connectivity index (χ0n) is 11.1. The van der Waals surface area contributed by atoms with Crippen molar-refractivity contribution in [3.8, 4) is 0 Å². The van der Waals surface area contributed by atoms with Gasteiger partial charge in [0.05, 0.1) is 0 Å². The molecule has 1 aromatic carbocycles. The largest absolute Gasteiger partial charge is 0.344 e. The second kappa shape index (κ2) is 6.25. The van der Waals surface area contributed by atoms with Crippen molar-refractivity contribution in [1.29, 1.82) is 0 Å². The van der Waals surface area contributed by atoms with Gasteiger partial charge in [0, 0.05) is 41.6 Å². The number of benzene rings is 1. The quantitative estimate of drug-likeness (QED) is 0.911. The third-order valence-electron chi connectivity index (χ3n) is 3.54. The number of nitrogens with zero attached hydrogens (tertiary/aromatic N) is 1. The summed E-state index contributed by atoms with van der Waals surface area (Å²) in [6.07, 6.45) is 1.51. The van der Waals surface area contributed by atoms with E-state index in [0.29, 0.717) is 12.5 Å². The van der Waals surface area contributed by atoms with Crippen LogP contribution in [0.25, 0.3) is 0 Å². The zero-order chi connectivity index (χ0) is 14.0. The lowest BCUT2D eigenvalue weighted by molar-refractivity contribution is -0.132. The summed E-state index contributed by atoms with van der Waals surface area (Å²) < 4.78 is 0.983. The molecule has 3 nitrogen and oxygen atoms in total. The number of amides is 1. The number of likely N-dealkylation sites (N-methyl/N-ethyl adjacent to an activating group) is 1. The number of nitrogens with one attached hydrogen (secondary N) is 1. The van der Waals surface area contributed by atoms with Crippen LogP contribution in [0.2, 0.25) is 5.02 Å². The second-order valence-corrected chi connectivity index (χ2v) is 6.39. The number of likely N-dealkylation sites (tertiary alicyclic amines) is 1. The summed E-state index contributed by atoms with van der Waals surface area (Å²) in [6.45, 7) is 2.86. The van der Waals surface area contributed by atoms with Gasteiger partial charge in [-0.25, -0.2) is 0 Å². The van der Waals surface area contributed by atoms with Crippen molar-refractivity contribution in [3.63, 3.8) is 0 Å². The van der Waals surface area contributed by atoms with E-state index in [4.69, 9.17) is 11.6 Å². The summed E-state index contributed by atoms with van der Waals surface area (Å²) >= 11 is 9.67. The first-order valence-corrected chi connectivity index (χ1v) is 7.59. The minimum absolute atomic E-state index is 0.173. The van der Waals surface area contributed by atoms with E-state index >= 15 is 0 Å². The van der Waals surface area contributed by atoms with Crippen LogP contribution < -0.4 is 5.32 Å². The Bertz CT molecular complexity index is 481. The van der Waals surface area contributed by atoms with Crippen LogP contribution in [-0.4, -0.2) is 30.4 Å². The topological polar surface area (TPSA) is 32.3 Å². The maximum atomic E-state index is 11.5. The molecule has 1 aliphatic heterocycles. The van der Waals surface area contributed by atoms with E-state index in [2.05, 4.69) is 28.2 Å². The molecule has 0 spiro atoms. The number of carbonyl (C=O) groups excluding carboxylic acids is 1. The Balaban J connectivity index is 2.01. The molecule has 2 rings (SSSR count). The molecule has 2 atom stereocenters. The van der Waals surface area contributed by atoms with Gasteiger partial charge in [-0.15, -0.1) is 0 Å². The van der Waals surface area contributed by atoms with Gasteiger partial charge in [-0.3, -0.25) is 4.79 Å². The molecule has 1 aliphatic rings. The highest BCUT2D eigenvalue weighted by atomic mass is 79.9. The predicted octanol–water partition coefficient (Wildman–Crippen LogP) is 3.37. The van der Waals surface area contributed by atoms with E-state index in [0.717, 1.165) is 28.0 Å². The van der Waals surface area contributed by atoms with Crippen molar-refractivity contribution in [1.82, 2.24) is 10.2 Å². The monoisotopic (exact) mass is 344 g/mol. The van der Waals surface area contributed by atoms with Crippen molar-refractivity contribution in [3.05, 3.63) is 33.3 Å². The van der Waals surface area contributed by atoms with Crippen LogP contribution in [0.4, 0.5) is 0 Å². The van der Waals surface area contributed by atoms with Crippen LogP contribution in [0.15, 0.2) is 22.7 Å². The fraction of sp³-hybridized carbons (Fsp3) is 0.500. The molecule has 2 unspecified atom stereocenters. The molecule has 0 radical (unpaired) electrons. The van der Waals surface area contributed by atoms with Crippen molar-refractivity contribution in [2.24, 2.45) is 0 Å². The van der Waals surface area contributed by atoms with Crippen molar-refractivity contribution in [2.75, 3.05) is 13.6 Å². The maximum absolute atomic E-state index is 11.5. The molecule has 1 amide bonds. The first-order valence-electron chi connectivity index (χ1n) is 6.42. The highest BCUT2D eigenvalue weighted by molar-refractivity contribution is 9.10. The third kappa shape index (κ3) is 3.71. The summed E-state index contributed by atoms with van der Waals surface area (Å²) in [6, 6.07) is 6.44. The van der Waals surface area contributed by atoms with Crippen LogP contribution in [0, 0.1) is 0 Å². The van der Waals surface area contributed by atoms with Crippen LogP contribution in [-0.2, 0) is 4.79 Å². The molecule has 5 heteroatoms. The molecule has 19 heavy (non-hydrogen) atoms. The minimum Gasteiger partial charge on any atom is -0.344 e. The molecule has 1 fully saturated rings. The Labute approximate surface area is 127 Å². The molecule has 0 aromatic heterocycles. The van der Waals surface area contributed by atoms with E-state index < -0.39 is 0 Å². The lowest BCUT2D eigenvalue weighted by atomic mass is 10.0. The van der Waals surface area contributed by atoms with Crippen molar-refractivity contribution >= 4 is 33.4 Å². The molecule has 0 aliphatic carbocycles. The average Bonchev–Trinajstić information content (AvgIpc) is 2.33. The number of carbonyl (C=O) groups is 1. The molecule has 1 N–H and O–H groups in total. The van der Waals surface area contributed by atoms with Crippen molar-refractivity contribution in [2.45, 2.75) is 31.8 Å². The highest BCUT2D eigenvalue weighted by Gasteiger charge is 2.24. The summed E-state index contributed by atoms with van der Waals surface area (Å²) in [5, 5.41) is 4.31. The fourth-order valence-corrected chi connectivity index (χ4v) is 3.28. The number of hydrogen-bond acceptors (Lipinski definition) is 2. The van der Waals surface area contributed by atoms with Crippen LogP contribution in [0.5, 0.6) is 0 Å². The van der Waals surface area contributed by atoms with Gasteiger partial charge in [0.2, 0.25) is 5.91 Å². The fourth-order valence-electron chi connectivity index (χ4n) is 2.44. The Hall–Kier alpha value is -0.580. The zero-order valence-corrected chi connectivity index (χ0v) is 13.5. The molecule has 104 valence electrons. The lowest BCUT2D eigenvalue weighted by Crippen LogP contribution is -2.47. The minimum atomic E-state index is 0.173. The number of hydrogen-bond donors (Lipinski definition) is 1. The van der Waals surface area contributed by atoms with Gasteiger partial charge in [-0.05, 0) is 31.0 Å². The van der Waals surface area contributed by atoms with Crippen LogP contribution in [0.3, 0.4) is 0 Å². The molecular formula is C14H18BrClN2O. The van der Waals surface area contributed by atoms with E-state index in [9.17, 15) is 4.79 Å². The van der Waals surface area contributed by atoms with Crippen LogP contribution >= 0.6 is 27.5 Å². The summed E-state index contributed by atoms with van der Waals surface area (Å²) in [5.74, 6) is 0.229. The smallest absolute Gasteiger partial charge is 0.222 e. The van der Waals surface area contributed by atoms with E-state index in [1.165, 1.54) is 0 Å². The molecular weight excluding hydrogens is 328 g/mol. The Kier molecular flexibility index (Phi) is 4.87. The third-order valence-corrected chi connectivity index (χ3v) is 4.36. The molecule has 1 saturated heterocycles. The lowest BCUT2D eigenvalue weighted by Gasteiger charge is -2.32. The van der Waals surface area contributed by atoms with E-state index in [-0.39, 0.29) is 11.9 Å². The maximum Gasteiger partial charge on any atom is 0.222 e. The standard InChI is InChI=1S/C14H18BrClN2O/c1-9(12-5-3-10(15)7-13(12)16)17-11-4-6-14(19)18(2)8-11/h3,5,7,9,11,17H,4,6,8H2,1-2H3. The number of rotatable bonds is 3. The summed E-state index contributed by atoms with van der Waals surface area (Å²) in [4.78, 5) is 13.2. The van der Waals surface area contributed by atoms with Gasteiger partial charge < -0.3 is 10.2 Å². The van der Waals surface area contributed by atoms with Gasteiger partial charge in [0.1, 0.15) is 0 Å². The molecule has 0 saturated carbocycles. The van der Waals surface area contributed by atoms with E-state index in [1.54, 1.807) is 4.90 Å². The van der Waals surface area contributed by atoms with Gasteiger partial charge in [0.25, 0.3) is 0 Å². The predicted molar refractivity (Wildman–Crippen MR) is 81.4 cm³/mol.